The van der Waals surface area contributed by atoms with Crippen molar-refractivity contribution in [1.29, 1.82) is 0 Å². The molecular formula is C29H24ClN3O4S2. The van der Waals surface area contributed by atoms with Crippen LogP contribution < -0.4 is 9.64 Å². The fourth-order valence-corrected chi connectivity index (χ4v) is 6.10. The molecule has 7 nitrogen and oxygen atoms in total. The number of hydrogen-bond donors (Lipinski definition) is 1. The number of benzene rings is 3. The molecule has 0 saturated carbocycles. The standard InChI is InChI=1S/C29H24ClN3O4S2/c1-2-16-37-22-14-10-19(11-15-22)24-23(25(34)20-6-4-3-5-7-20)26(35)27(36)33(24)28-31-32-29(39-28)38-17-18-8-12-21(30)13-9-18/h3-15,24,34H,2,16-17H2,1H3/b25-23-. The molecule has 0 radical (unpaired) electrons. The molecule has 1 fully saturated rings. The van der Waals surface area contributed by atoms with Crippen LogP contribution in [0.5, 0.6) is 5.75 Å². The number of ether oxygens (including phenoxy) is 1. The number of aromatic nitrogens is 2. The van der Waals surface area contributed by atoms with Crippen LogP contribution in [0.2, 0.25) is 5.02 Å². The van der Waals surface area contributed by atoms with Gasteiger partial charge in [-0.1, -0.05) is 96.2 Å². The van der Waals surface area contributed by atoms with Gasteiger partial charge in [-0.05, 0) is 41.8 Å². The summed E-state index contributed by atoms with van der Waals surface area (Å²) in [6.07, 6.45) is 0.869. The Morgan fingerprint density at radius 1 is 1.03 bits per heavy atom. The zero-order valence-corrected chi connectivity index (χ0v) is 23.3. The first-order chi connectivity index (χ1) is 19.0. The number of carbonyl (C=O) groups excluding carboxylic acids is 2. The van der Waals surface area contributed by atoms with E-state index in [1.54, 1.807) is 48.5 Å². The lowest BCUT2D eigenvalue weighted by atomic mass is 9.95. The lowest BCUT2D eigenvalue weighted by Gasteiger charge is -2.22. The van der Waals surface area contributed by atoms with Gasteiger partial charge in [-0.3, -0.25) is 14.5 Å². The summed E-state index contributed by atoms with van der Waals surface area (Å²) in [5.74, 6) is -0.471. The highest BCUT2D eigenvalue weighted by Crippen LogP contribution is 2.44. The molecule has 0 spiro atoms. The number of carbonyl (C=O) groups is 2. The maximum absolute atomic E-state index is 13.4. The minimum absolute atomic E-state index is 0.000932. The van der Waals surface area contributed by atoms with Crippen molar-refractivity contribution in [2.75, 3.05) is 11.5 Å². The summed E-state index contributed by atoms with van der Waals surface area (Å²) < 4.78 is 6.35. The van der Waals surface area contributed by atoms with Gasteiger partial charge in [-0.25, -0.2) is 0 Å². The van der Waals surface area contributed by atoms with E-state index in [0.717, 1.165) is 12.0 Å². The highest BCUT2D eigenvalue weighted by Gasteiger charge is 2.48. The van der Waals surface area contributed by atoms with Crippen LogP contribution in [0.4, 0.5) is 5.13 Å². The Bertz CT molecular complexity index is 1510. The molecule has 1 saturated heterocycles. The van der Waals surface area contributed by atoms with Gasteiger partial charge in [0.1, 0.15) is 11.5 Å². The number of ketones is 1. The predicted molar refractivity (Wildman–Crippen MR) is 154 cm³/mol. The van der Waals surface area contributed by atoms with Crippen LogP contribution in [-0.2, 0) is 15.3 Å². The Hall–Kier alpha value is -3.66. The second-order valence-corrected chi connectivity index (χ2v) is 11.3. The number of aliphatic hydroxyl groups excluding tert-OH is 1. The lowest BCUT2D eigenvalue weighted by Crippen LogP contribution is -2.29. The first kappa shape index (κ1) is 26.9. The van der Waals surface area contributed by atoms with Crippen molar-refractivity contribution in [3.05, 3.63) is 106 Å². The first-order valence-electron chi connectivity index (χ1n) is 12.3. The Morgan fingerprint density at radius 2 is 1.74 bits per heavy atom. The molecule has 1 aromatic heterocycles. The number of anilines is 1. The Kier molecular flexibility index (Phi) is 8.30. The number of nitrogens with zero attached hydrogens (tertiary/aromatic N) is 3. The van der Waals surface area contributed by atoms with E-state index in [4.69, 9.17) is 16.3 Å². The summed E-state index contributed by atoms with van der Waals surface area (Å²) in [6, 6.07) is 22.5. The van der Waals surface area contributed by atoms with Gasteiger partial charge in [0.05, 0.1) is 18.2 Å². The number of Topliss-reactive ketones (excluding diaryl/α,β-unsaturated/α-hetero) is 1. The third-order valence-corrected chi connectivity index (χ3v) is 8.42. The van der Waals surface area contributed by atoms with Gasteiger partial charge < -0.3 is 9.84 Å². The van der Waals surface area contributed by atoms with E-state index in [-0.39, 0.29) is 16.5 Å². The van der Waals surface area contributed by atoms with Crippen LogP contribution in [0.25, 0.3) is 5.76 Å². The van der Waals surface area contributed by atoms with Crippen LogP contribution in [0.3, 0.4) is 0 Å². The molecule has 1 aliphatic rings. The van der Waals surface area contributed by atoms with E-state index in [1.165, 1.54) is 28.0 Å². The molecule has 39 heavy (non-hydrogen) atoms. The third-order valence-electron chi connectivity index (χ3n) is 6.04. The van der Waals surface area contributed by atoms with Gasteiger partial charge >= 0.3 is 5.91 Å². The van der Waals surface area contributed by atoms with Crippen molar-refractivity contribution in [1.82, 2.24) is 10.2 Å². The molecule has 1 unspecified atom stereocenters. The summed E-state index contributed by atoms with van der Waals surface area (Å²) in [5.41, 5.74) is 2.15. The predicted octanol–water partition coefficient (Wildman–Crippen LogP) is 6.90. The Morgan fingerprint density at radius 3 is 2.44 bits per heavy atom. The molecule has 198 valence electrons. The van der Waals surface area contributed by atoms with Crippen molar-refractivity contribution in [2.24, 2.45) is 0 Å². The summed E-state index contributed by atoms with van der Waals surface area (Å²) >= 11 is 8.67. The van der Waals surface area contributed by atoms with Crippen LogP contribution in [0, 0.1) is 0 Å². The van der Waals surface area contributed by atoms with E-state index in [1.807, 2.05) is 37.3 Å². The number of halogens is 1. The van der Waals surface area contributed by atoms with Gasteiger partial charge in [0.2, 0.25) is 5.13 Å². The van der Waals surface area contributed by atoms with E-state index in [0.29, 0.717) is 38.6 Å². The largest absolute Gasteiger partial charge is 0.507 e. The fourth-order valence-electron chi connectivity index (χ4n) is 4.15. The fraction of sp³-hybridized carbons (Fsp3) is 0.172. The van der Waals surface area contributed by atoms with Crippen molar-refractivity contribution in [2.45, 2.75) is 29.5 Å². The maximum atomic E-state index is 13.4. The van der Waals surface area contributed by atoms with E-state index < -0.39 is 17.7 Å². The van der Waals surface area contributed by atoms with Crippen LogP contribution in [-0.4, -0.2) is 33.6 Å². The van der Waals surface area contributed by atoms with Crippen molar-refractivity contribution >= 4 is 57.3 Å². The van der Waals surface area contributed by atoms with Crippen molar-refractivity contribution in [3.8, 4) is 5.75 Å². The first-order valence-corrected chi connectivity index (χ1v) is 14.4. The number of thioether (sulfide) groups is 1. The molecule has 0 bridgehead atoms. The highest BCUT2D eigenvalue weighted by molar-refractivity contribution is 8.00. The zero-order chi connectivity index (χ0) is 27.4. The van der Waals surface area contributed by atoms with E-state index in [9.17, 15) is 14.7 Å². The third kappa shape index (κ3) is 5.85. The molecule has 10 heteroatoms. The van der Waals surface area contributed by atoms with E-state index in [2.05, 4.69) is 10.2 Å². The molecular weight excluding hydrogens is 554 g/mol. The summed E-state index contributed by atoms with van der Waals surface area (Å²) in [4.78, 5) is 28.1. The van der Waals surface area contributed by atoms with Gasteiger partial charge in [0.15, 0.2) is 4.34 Å². The normalized spacial score (nSPS) is 16.6. The number of amides is 1. The summed E-state index contributed by atoms with van der Waals surface area (Å²) in [7, 11) is 0. The molecule has 1 N–H and O–H groups in total. The van der Waals surface area contributed by atoms with Gasteiger partial charge in [0, 0.05) is 16.3 Å². The van der Waals surface area contributed by atoms with Crippen molar-refractivity contribution in [3.63, 3.8) is 0 Å². The molecule has 5 rings (SSSR count). The average Bonchev–Trinajstić information content (AvgIpc) is 3.54. The minimum Gasteiger partial charge on any atom is -0.507 e. The number of aliphatic hydroxyl groups is 1. The smallest absolute Gasteiger partial charge is 0.301 e. The maximum Gasteiger partial charge on any atom is 0.301 e. The molecule has 3 aromatic carbocycles. The topological polar surface area (TPSA) is 92.6 Å². The molecule has 2 heterocycles. The van der Waals surface area contributed by atoms with Gasteiger partial charge in [-0.2, -0.15) is 0 Å². The Balaban J connectivity index is 1.51. The average molecular weight is 578 g/mol. The van der Waals surface area contributed by atoms with Gasteiger partial charge in [-0.15, -0.1) is 10.2 Å². The van der Waals surface area contributed by atoms with E-state index >= 15 is 0 Å². The van der Waals surface area contributed by atoms with Crippen LogP contribution in [0.1, 0.15) is 36.1 Å². The lowest BCUT2D eigenvalue weighted by molar-refractivity contribution is -0.132. The second kappa shape index (κ2) is 12.0. The molecule has 0 aliphatic carbocycles. The monoisotopic (exact) mass is 577 g/mol. The minimum atomic E-state index is -0.882. The highest BCUT2D eigenvalue weighted by atomic mass is 35.5. The zero-order valence-electron chi connectivity index (χ0n) is 20.9. The SMILES string of the molecule is CCCOc1ccc(C2/C(=C(/O)c3ccccc3)C(=O)C(=O)N2c2nnc(SCc3ccc(Cl)cc3)s2)cc1. The molecule has 1 atom stereocenters. The summed E-state index contributed by atoms with van der Waals surface area (Å²) in [6.45, 7) is 2.60. The number of rotatable bonds is 9. The van der Waals surface area contributed by atoms with Crippen molar-refractivity contribution < 1.29 is 19.4 Å². The second-order valence-electron chi connectivity index (χ2n) is 8.72. The van der Waals surface area contributed by atoms with Crippen LogP contribution >= 0.6 is 34.7 Å². The Labute approximate surface area is 239 Å². The van der Waals surface area contributed by atoms with Crippen LogP contribution in [0.15, 0.2) is 88.8 Å². The number of hydrogen-bond acceptors (Lipinski definition) is 8. The molecule has 1 amide bonds. The quantitative estimate of drug-likeness (QED) is 0.0760. The van der Waals surface area contributed by atoms with Gasteiger partial charge in [0.25, 0.3) is 5.78 Å². The summed E-state index contributed by atoms with van der Waals surface area (Å²) in [5, 5.41) is 20.7. The molecule has 4 aromatic rings. The molecule has 1 aliphatic heterocycles.